The highest BCUT2D eigenvalue weighted by molar-refractivity contribution is 5.90. The number of rotatable bonds is 0. The summed E-state index contributed by atoms with van der Waals surface area (Å²) in [4.78, 5) is 0. The smallest absolute Gasteiger partial charge is 0.0503 e. The van der Waals surface area contributed by atoms with Crippen LogP contribution in [0.5, 0.6) is 0 Å². The SMILES string of the molecule is c1ccc2c(c1)-c1ccccc1C21c2ccccc2C2[C@@H]1[C@H]1Cc3ccc4ccccc4c3[C@@H]21. The molecule has 5 aromatic carbocycles. The monoisotopic (exact) mass is 432 g/mol. The van der Waals surface area contributed by atoms with Gasteiger partial charge in [0.15, 0.2) is 0 Å². The molecule has 34 heavy (non-hydrogen) atoms. The van der Waals surface area contributed by atoms with Crippen LogP contribution in [-0.2, 0) is 11.8 Å². The third kappa shape index (κ3) is 1.78. The van der Waals surface area contributed by atoms with Crippen molar-refractivity contribution in [2.45, 2.75) is 23.7 Å². The number of hydrogen-bond donors (Lipinski definition) is 0. The molecule has 1 unspecified atom stereocenters. The third-order valence-corrected chi connectivity index (χ3v) is 9.78. The van der Waals surface area contributed by atoms with E-state index < -0.39 is 0 Å². The molecule has 0 nitrogen and oxygen atoms in total. The fourth-order valence-corrected chi connectivity index (χ4v) is 8.87. The van der Waals surface area contributed by atoms with Crippen molar-refractivity contribution in [3.63, 3.8) is 0 Å². The Balaban J connectivity index is 1.36. The average Bonchev–Trinajstić information content (AvgIpc) is 3.46. The first-order valence-corrected chi connectivity index (χ1v) is 12.7. The van der Waals surface area contributed by atoms with Gasteiger partial charge < -0.3 is 0 Å². The van der Waals surface area contributed by atoms with Crippen molar-refractivity contribution < 1.29 is 0 Å². The van der Waals surface area contributed by atoms with Crippen molar-refractivity contribution in [1.82, 2.24) is 0 Å². The molecule has 0 bridgehead atoms. The average molecular weight is 433 g/mol. The quantitative estimate of drug-likeness (QED) is 0.234. The first-order valence-electron chi connectivity index (χ1n) is 12.7. The first-order chi connectivity index (χ1) is 16.9. The maximum absolute atomic E-state index is 2.45. The van der Waals surface area contributed by atoms with Crippen molar-refractivity contribution >= 4 is 10.8 Å². The molecule has 0 aromatic heterocycles. The third-order valence-electron chi connectivity index (χ3n) is 9.78. The number of hydrogen-bond acceptors (Lipinski definition) is 0. The molecule has 0 radical (unpaired) electrons. The van der Waals surface area contributed by atoms with E-state index in [0.29, 0.717) is 23.7 Å². The Bertz CT molecular complexity index is 1630. The van der Waals surface area contributed by atoms with E-state index in [2.05, 4.69) is 109 Å². The second-order valence-electron chi connectivity index (χ2n) is 10.8. The number of benzene rings is 5. The molecular formula is C34H24. The molecule has 5 aromatic rings. The van der Waals surface area contributed by atoms with Crippen LogP contribution >= 0.6 is 0 Å². The summed E-state index contributed by atoms with van der Waals surface area (Å²) in [6.45, 7) is 0. The predicted molar refractivity (Wildman–Crippen MR) is 138 cm³/mol. The Morgan fingerprint density at radius 1 is 0.559 bits per heavy atom. The first kappa shape index (κ1) is 17.8. The molecule has 9 rings (SSSR count). The summed E-state index contributed by atoms with van der Waals surface area (Å²) < 4.78 is 0. The van der Waals surface area contributed by atoms with Crippen molar-refractivity contribution in [3.05, 3.63) is 143 Å². The largest absolute Gasteiger partial charge is 0.0620 e. The second kappa shape index (κ2) is 5.88. The van der Waals surface area contributed by atoms with Gasteiger partial charge in [-0.1, -0.05) is 109 Å². The molecule has 0 saturated heterocycles. The minimum atomic E-state index is -0.0204. The highest BCUT2D eigenvalue weighted by atomic mass is 14.7. The molecule has 0 N–H and O–H groups in total. The minimum absolute atomic E-state index is 0.0204. The summed E-state index contributed by atoms with van der Waals surface area (Å²) in [6, 6.07) is 41.8. The van der Waals surface area contributed by atoms with E-state index in [-0.39, 0.29) is 5.41 Å². The predicted octanol–water partition coefficient (Wildman–Crippen LogP) is 7.84. The molecular weight excluding hydrogens is 408 g/mol. The molecule has 1 fully saturated rings. The molecule has 0 heterocycles. The normalized spacial score (nSPS) is 25.8. The lowest BCUT2D eigenvalue weighted by atomic mass is 9.49. The van der Waals surface area contributed by atoms with Crippen molar-refractivity contribution in [2.75, 3.05) is 0 Å². The standard InChI is InChI=1S/C34H24/c1-2-10-22-20(9-1)17-18-21-19-26-31(30(21)22)32-25-13-5-8-16-29(25)34(33(26)32)27-14-6-3-11-23(27)24-12-4-7-15-28(24)34/h1-18,26,31-33H,19H2/t26-,31-,32?,33-/m0/s1. The van der Waals surface area contributed by atoms with Gasteiger partial charge in [0, 0.05) is 0 Å². The van der Waals surface area contributed by atoms with Gasteiger partial charge in [0.1, 0.15) is 0 Å². The Kier molecular flexibility index (Phi) is 3.08. The molecule has 1 spiro atoms. The summed E-state index contributed by atoms with van der Waals surface area (Å²) in [6.07, 6.45) is 1.21. The topological polar surface area (TPSA) is 0 Å². The zero-order valence-electron chi connectivity index (χ0n) is 18.9. The summed E-state index contributed by atoms with van der Waals surface area (Å²) in [5, 5.41) is 2.87. The molecule has 1 saturated carbocycles. The zero-order chi connectivity index (χ0) is 22.0. The van der Waals surface area contributed by atoms with Gasteiger partial charge in [0.05, 0.1) is 5.41 Å². The van der Waals surface area contributed by atoms with Gasteiger partial charge in [-0.25, -0.2) is 0 Å². The number of fused-ring (bicyclic) bond motifs is 17. The molecule has 160 valence electrons. The van der Waals surface area contributed by atoms with E-state index >= 15 is 0 Å². The highest BCUT2D eigenvalue weighted by Crippen LogP contribution is 2.77. The zero-order valence-corrected chi connectivity index (χ0v) is 18.9. The maximum atomic E-state index is 2.45. The van der Waals surface area contributed by atoms with Crippen molar-refractivity contribution in [3.8, 4) is 11.1 Å². The van der Waals surface area contributed by atoms with Gasteiger partial charge in [-0.2, -0.15) is 0 Å². The van der Waals surface area contributed by atoms with E-state index in [1.54, 1.807) is 22.3 Å². The highest BCUT2D eigenvalue weighted by Gasteiger charge is 2.69. The molecule has 0 aliphatic heterocycles. The van der Waals surface area contributed by atoms with Gasteiger partial charge in [0.2, 0.25) is 0 Å². The van der Waals surface area contributed by atoms with Crippen molar-refractivity contribution in [1.29, 1.82) is 0 Å². The van der Waals surface area contributed by atoms with Crippen LogP contribution in [0.2, 0.25) is 0 Å². The summed E-state index contributed by atoms with van der Waals surface area (Å²) >= 11 is 0. The van der Waals surface area contributed by atoms with Crippen LogP contribution in [0.4, 0.5) is 0 Å². The van der Waals surface area contributed by atoms with Crippen LogP contribution in [-0.4, -0.2) is 0 Å². The lowest BCUT2D eigenvalue weighted by Gasteiger charge is -2.53. The van der Waals surface area contributed by atoms with E-state index in [1.807, 2.05) is 0 Å². The fraction of sp³-hybridized carbons (Fsp3) is 0.176. The van der Waals surface area contributed by atoms with Gasteiger partial charge >= 0.3 is 0 Å². The Labute approximate surface area is 199 Å². The van der Waals surface area contributed by atoms with Gasteiger partial charge in [-0.3, -0.25) is 0 Å². The van der Waals surface area contributed by atoms with Crippen LogP contribution < -0.4 is 0 Å². The Hall–Kier alpha value is -3.64. The molecule has 0 amide bonds. The minimum Gasteiger partial charge on any atom is -0.0620 e. The van der Waals surface area contributed by atoms with E-state index in [1.165, 1.54) is 39.4 Å². The van der Waals surface area contributed by atoms with Crippen molar-refractivity contribution in [2.24, 2.45) is 11.8 Å². The summed E-state index contributed by atoms with van der Waals surface area (Å²) in [7, 11) is 0. The maximum Gasteiger partial charge on any atom is 0.0503 e. The van der Waals surface area contributed by atoms with Crippen LogP contribution in [0.15, 0.2) is 109 Å². The Morgan fingerprint density at radius 3 is 2.00 bits per heavy atom. The molecule has 4 atom stereocenters. The van der Waals surface area contributed by atoms with Gasteiger partial charge in [-0.05, 0) is 85.4 Å². The van der Waals surface area contributed by atoms with Crippen LogP contribution in [0, 0.1) is 11.8 Å². The van der Waals surface area contributed by atoms with E-state index in [9.17, 15) is 0 Å². The van der Waals surface area contributed by atoms with Crippen LogP contribution in [0.25, 0.3) is 21.9 Å². The summed E-state index contributed by atoms with van der Waals surface area (Å²) in [5.74, 6) is 2.53. The van der Waals surface area contributed by atoms with Crippen LogP contribution in [0.1, 0.15) is 45.2 Å². The van der Waals surface area contributed by atoms with Crippen LogP contribution in [0.3, 0.4) is 0 Å². The molecule has 0 heteroatoms. The molecule has 4 aliphatic rings. The Morgan fingerprint density at radius 2 is 1.21 bits per heavy atom. The fourth-order valence-electron chi connectivity index (χ4n) is 8.87. The van der Waals surface area contributed by atoms with Gasteiger partial charge in [0.25, 0.3) is 0 Å². The molecule has 4 aliphatic carbocycles. The summed E-state index contributed by atoms with van der Waals surface area (Å²) in [5.41, 5.74) is 12.3. The lowest BCUT2D eigenvalue weighted by molar-refractivity contribution is 0.0826. The van der Waals surface area contributed by atoms with E-state index in [0.717, 1.165) is 0 Å². The second-order valence-corrected chi connectivity index (χ2v) is 10.8. The van der Waals surface area contributed by atoms with E-state index in [4.69, 9.17) is 0 Å². The lowest BCUT2D eigenvalue weighted by Crippen LogP contribution is -2.48. The van der Waals surface area contributed by atoms with Gasteiger partial charge in [-0.15, -0.1) is 0 Å².